The maximum absolute atomic E-state index is 5.44. The van der Waals surface area contributed by atoms with E-state index >= 15 is 0 Å². The van der Waals surface area contributed by atoms with E-state index in [0.29, 0.717) is 11.8 Å². The van der Waals surface area contributed by atoms with Crippen LogP contribution < -0.4 is 5.32 Å². The van der Waals surface area contributed by atoms with E-state index in [0.717, 1.165) is 24.2 Å². The average molecular weight is 235 g/mol. The quantitative estimate of drug-likeness (QED) is 0.856. The zero-order valence-corrected chi connectivity index (χ0v) is 10.6. The minimum Gasteiger partial charge on any atom is -0.338 e. The molecule has 4 nitrogen and oxygen atoms in total. The van der Waals surface area contributed by atoms with Gasteiger partial charge in [0.2, 0.25) is 5.89 Å². The highest BCUT2D eigenvalue weighted by Crippen LogP contribution is 2.37. The summed E-state index contributed by atoms with van der Waals surface area (Å²) in [4.78, 5) is 4.62. The Kier molecular flexibility index (Phi) is 2.90. The zero-order chi connectivity index (χ0) is 11.8. The lowest BCUT2D eigenvalue weighted by Crippen LogP contribution is -2.16. The van der Waals surface area contributed by atoms with Gasteiger partial charge in [-0.2, -0.15) is 4.98 Å². The van der Waals surface area contributed by atoms with Gasteiger partial charge in [-0.25, -0.2) is 0 Å². The molecule has 4 unspecified atom stereocenters. The van der Waals surface area contributed by atoms with Gasteiger partial charge in [0, 0.05) is 5.92 Å². The number of aromatic nitrogens is 2. The molecular formula is C13H21N3O. The van der Waals surface area contributed by atoms with Crippen molar-refractivity contribution in [1.29, 1.82) is 0 Å². The molecule has 1 N–H and O–H groups in total. The summed E-state index contributed by atoms with van der Waals surface area (Å²) in [6, 6.07) is 0.273. The highest BCUT2D eigenvalue weighted by Gasteiger charge is 2.32. The second-order valence-electron chi connectivity index (χ2n) is 5.80. The van der Waals surface area contributed by atoms with E-state index in [1.54, 1.807) is 0 Å². The van der Waals surface area contributed by atoms with Crippen LogP contribution >= 0.6 is 0 Å². The molecule has 17 heavy (non-hydrogen) atoms. The number of rotatable bonds is 2. The van der Waals surface area contributed by atoms with Crippen LogP contribution in [0.25, 0.3) is 0 Å². The van der Waals surface area contributed by atoms with Gasteiger partial charge in [-0.15, -0.1) is 0 Å². The SMILES string of the molecule is CC1CCC(c2noc(C3NCCC3C)n2)C1. The Morgan fingerprint density at radius 2 is 2.12 bits per heavy atom. The summed E-state index contributed by atoms with van der Waals surface area (Å²) in [6.45, 7) is 5.61. The van der Waals surface area contributed by atoms with Crippen LogP contribution in [-0.2, 0) is 0 Å². The summed E-state index contributed by atoms with van der Waals surface area (Å²) in [5.41, 5.74) is 0. The average Bonchev–Trinajstić information content (AvgIpc) is 2.97. The largest absolute Gasteiger partial charge is 0.338 e. The smallest absolute Gasteiger partial charge is 0.244 e. The first-order chi connectivity index (χ1) is 8.24. The number of nitrogens with one attached hydrogen (secondary N) is 1. The van der Waals surface area contributed by atoms with Crippen LogP contribution in [0.1, 0.15) is 63.2 Å². The van der Waals surface area contributed by atoms with Gasteiger partial charge in [0.1, 0.15) is 0 Å². The van der Waals surface area contributed by atoms with Crippen molar-refractivity contribution < 1.29 is 4.52 Å². The van der Waals surface area contributed by atoms with Crippen LogP contribution in [0.2, 0.25) is 0 Å². The lowest BCUT2D eigenvalue weighted by molar-refractivity contribution is 0.315. The maximum Gasteiger partial charge on any atom is 0.244 e. The third kappa shape index (κ3) is 2.10. The van der Waals surface area contributed by atoms with E-state index in [1.807, 2.05) is 0 Å². The molecule has 4 heteroatoms. The third-order valence-corrected chi connectivity index (χ3v) is 4.32. The van der Waals surface area contributed by atoms with Gasteiger partial charge in [-0.3, -0.25) is 0 Å². The van der Waals surface area contributed by atoms with Gasteiger partial charge in [0.25, 0.3) is 0 Å². The second kappa shape index (κ2) is 4.41. The van der Waals surface area contributed by atoms with Crippen molar-refractivity contribution in [3.8, 4) is 0 Å². The molecule has 1 aromatic rings. The summed E-state index contributed by atoms with van der Waals surface area (Å²) >= 11 is 0. The fourth-order valence-electron chi connectivity index (χ4n) is 3.15. The predicted molar refractivity (Wildman–Crippen MR) is 64.6 cm³/mol. The molecule has 4 atom stereocenters. The van der Waals surface area contributed by atoms with Crippen molar-refractivity contribution in [2.45, 2.75) is 51.5 Å². The van der Waals surface area contributed by atoms with Crippen molar-refractivity contribution in [1.82, 2.24) is 15.5 Å². The Labute approximate surface area is 102 Å². The molecule has 0 amide bonds. The normalized spacial score (nSPS) is 37.8. The van der Waals surface area contributed by atoms with Crippen LogP contribution in [0.4, 0.5) is 0 Å². The minimum absolute atomic E-state index is 0.273. The molecule has 1 aliphatic heterocycles. The second-order valence-corrected chi connectivity index (χ2v) is 5.80. The number of nitrogens with zero attached hydrogens (tertiary/aromatic N) is 2. The summed E-state index contributed by atoms with van der Waals surface area (Å²) in [6.07, 6.45) is 4.93. The Hall–Kier alpha value is -0.900. The predicted octanol–water partition coefficient (Wildman–Crippen LogP) is 2.64. The molecule has 1 saturated heterocycles. The number of hydrogen-bond donors (Lipinski definition) is 1. The Bertz CT molecular complexity index is 390. The van der Waals surface area contributed by atoms with Crippen molar-refractivity contribution in [3.63, 3.8) is 0 Å². The first-order valence-electron chi connectivity index (χ1n) is 6.81. The minimum atomic E-state index is 0.273. The summed E-state index contributed by atoms with van der Waals surface area (Å²) in [7, 11) is 0. The zero-order valence-electron chi connectivity index (χ0n) is 10.6. The Morgan fingerprint density at radius 3 is 2.76 bits per heavy atom. The highest BCUT2D eigenvalue weighted by molar-refractivity contribution is 5.03. The van der Waals surface area contributed by atoms with Crippen molar-refractivity contribution in [2.75, 3.05) is 6.54 Å². The lowest BCUT2D eigenvalue weighted by atomic mass is 10.0. The van der Waals surface area contributed by atoms with E-state index in [9.17, 15) is 0 Å². The molecule has 1 aromatic heterocycles. The van der Waals surface area contributed by atoms with Gasteiger partial charge in [0.15, 0.2) is 5.82 Å². The van der Waals surface area contributed by atoms with Crippen molar-refractivity contribution >= 4 is 0 Å². The van der Waals surface area contributed by atoms with Crippen LogP contribution in [-0.4, -0.2) is 16.7 Å². The molecule has 1 aliphatic carbocycles. The molecule has 2 fully saturated rings. The fraction of sp³-hybridized carbons (Fsp3) is 0.846. The van der Waals surface area contributed by atoms with Crippen LogP contribution in [0.3, 0.4) is 0 Å². The summed E-state index contributed by atoms with van der Waals surface area (Å²) in [5.74, 6) is 3.67. The van der Waals surface area contributed by atoms with Crippen molar-refractivity contribution in [2.24, 2.45) is 11.8 Å². The molecule has 2 aliphatic rings. The van der Waals surface area contributed by atoms with E-state index in [-0.39, 0.29) is 6.04 Å². The summed E-state index contributed by atoms with van der Waals surface area (Å²) in [5, 5.41) is 7.62. The van der Waals surface area contributed by atoms with E-state index in [2.05, 4.69) is 29.3 Å². The molecule has 0 bridgehead atoms. The van der Waals surface area contributed by atoms with Gasteiger partial charge in [-0.1, -0.05) is 19.0 Å². The molecule has 2 heterocycles. The monoisotopic (exact) mass is 235 g/mol. The molecule has 3 rings (SSSR count). The lowest BCUT2D eigenvalue weighted by Gasteiger charge is -2.09. The number of hydrogen-bond acceptors (Lipinski definition) is 4. The standard InChI is InChI=1S/C13H21N3O/c1-8-3-4-10(7-8)12-15-13(17-16-12)11-9(2)5-6-14-11/h8-11,14H,3-7H2,1-2H3. The van der Waals surface area contributed by atoms with Gasteiger partial charge in [0.05, 0.1) is 6.04 Å². The molecular weight excluding hydrogens is 214 g/mol. The van der Waals surface area contributed by atoms with Crippen LogP contribution in [0.15, 0.2) is 4.52 Å². The molecule has 0 spiro atoms. The molecule has 0 aromatic carbocycles. The summed E-state index contributed by atoms with van der Waals surface area (Å²) < 4.78 is 5.44. The van der Waals surface area contributed by atoms with Crippen molar-refractivity contribution in [3.05, 3.63) is 11.7 Å². The first-order valence-corrected chi connectivity index (χ1v) is 6.81. The Morgan fingerprint density at radius 1 is 1.24 bits per heavy atom. The topological polar surface area (TPSA) is 51.0 Å². The van der Waals surface area contributed by atoms with Crippen LogP contribution in [0.5, 0.6) is 0 Å². The maximum atomic E-state index is 5.44. The molecule has 94 valence electrons. The highest BCUT2D eigenvalue weighted by atomic mass is 16.5. The van der Waals surface area contributed by atoms with E-state index < -0.39 is 0 Å². The molecule has 1 saturated carbocycles. The van der Waals surface area contributed by atoms with Gasteiger partial charge >= 0.3 is 0 Å². The van der Waals surface area contributed by atoms with Crippen LogP contribution in [0, 0.1) is 11.8 Å². The van der Waals surface area contributed by atoms with E-state index in [1.165, 1.54) is 25.7 Å². The fourth-order valence-corrected chi connectivity index (χ4v) is 3.15. The first kappa shape index (κ1) is 11.2. The molecule has 0 radical (unpaired) electrons. The van der Waals surface area contributed by atoms with Gasteiger partial charge < -0.3 is 9.84 Å². The third-order valence-electron chi connectivity index (χ3n) is 4.32. The Balaban J connectivity index is 1.74. The van der Waals surface area contributed by atoms with Gasteiger partial charge in [-0.05, 0) is 44.1 Å². The van der Waals surface area contributed by atoms with E-state index in [4.69, 9.17) is 4.52 Å².